The summed E-state index contributed by atoms with van der Waals surface area (Å²) in [7, 11) is 0. The number of carbonyl (C=O) groups excluding carboxylic acids is 1. The van der Waals surface area contributed by atoms with E-state index in [0.29, 0.717) is 6.42 Å². The third-order valence-electron chi connectivity index (χ3n) is 3.25. The maximum absolute atomic E-state index is 12.0. The van der Waals surface area contributed by atoms with Crippen LogP contribution in [0.4, 0.5) is 5.69 Å². The van der Waals surface area contributed by atoms with Crippen LogP contribution in [0.5, 0.6) is 0 Å². The van der Waals surface area contributed by atoms with E-state index in [2.05, 4.69) is 34.0 Å². The Hall–Kier alpha value is -1.07. The second kappa shape index (κ2) is 7.80. The largest absolute Gasteiger partial charge is 0.326 e. The summed E-state index contributed by atoms with van der Waals surface area (Å²) in [5, 5.41) is 3.71. The highest BCUT2D eigenvalue weighted by Gasteiger charge is 2.05. The maximum Gasteiger partial charge on any atom is 0.224 e. The van der Waals surface area contributed by atoms with Crippen LogP contribution in [0.15, 0.2) is 42.5 Å². The molecule has 0 saturated carbocycles. The van der Waals surface area contributed by atoms with Crippen molar-refractivity contribution in [2.24, 2.45) is 0 Å². The first kappa shape index (κ1) is 16.3. The highest BCUT2D eigenvalue weighted by Crippen LogP contribution is 2.18. The summed E-state index contributed by atoms with van der Waals surface area (Å²) in [6, 6.07) is 13.8. The van der Waals surface area contributed by atoms with Gasteiger partial charge in [0.25, 0.3) is 0 Å². The van der Waals surface area contributed by atoms with Gasteiger partial charge in [-0.2, -0.15) is 0 Å². The number of nitrogens with one attached hydrogen (secondary N) is 1. The Morgan fingerprint density at radius 3 is 2.57 bits per heavy atom. The SMILES string of the molecule is Cc1cc(I)ccc1NC(=O)CCCc1ccc(Cl)cc1. The van der Waals surface area contributed by atoms with Crippen molar-refractivity contribution in [3.05, 3.63) is 62.2 Å². The number of anilines is 1. The summed E-state index contributed by atoms with van der Waals surface area (Å²) >= 11 is 8.11. The van der Waals surface area contributed by atoms with Crippen molar-refractivity contribution >= 4 is 45.8 Å². The van der Waals surface area contributed by atoms with E-state index in [0.717, 1.165) is 29.1 Å². The molecule has 2 aromatic carbocycles. The number of halogens is 2. The molecule has 0 bridgehead atoms. The zero-order valence-electron chi connectivity index (χ0n) is 11.8. The van der Waals surface area contributed by atoms with E-state index >= 15 is 0 Å². The van der Waals surface area contributed by atoms with Crippen LogP contribution in [0.3, 0.4) is 0 Å². The zero-order chi connectivity index (χ0) is 15.2. The number of rotatable bonds is 5. The van der Waals surface area contributed by atoms with Crippen LogP contribution in [0, 0.1) is 10.5 Å². The number of amides is 1. The Morgan fingerprint density at radius 1 is 1.19 bits per heavy atom. The summed E-state index contributed by atoms with van der Waals surface area (Å²) in [4.78, 5) is 12.0. The van der Waals surface area contributed by atoms with E-state index in [4.69, 9.17) is 11.6 Å². The molecular weight excluding hydrogens is 397 g/mol. The number of hydrogen-bond acceptors (Lipinski definition) is 1. The van der Waals surface area contributed by atoms with Crippen molar-refractivity contribution in [2.75, 3.05) is 5.32 Å². The van der Waals surface area contributed by atoms with Crippen molar-refractivity contribution < 1.29 is 4.79 Å². The van der Waals surface area contributed by atoms with E-state index in [1.165, 1.54) is 9.13 Å². The monoisotopic (exact) mass is 413 g/mol. The van der Waals surface area contributed by atoms with E-state index in [1.54, 1.807) is 0 Å². The smallest absolute Gasteiger partial charge is 0.224 e. The van der Waals surface area contributed by atoms with Crippen LogP contribution in [-0.4, -0.2) is 5.91 Å². The molecule has 2 rings (SSSR count). The molecule has 0 aromatic heterocycles. The molecule has 110 valence electrons. The van der Waals surface area contributed by atoms with Crippen molar-refractivity contribution in [1.29, 1.82) is 0 Å². The second-order valence-corrected chi connectivity index (χ2v) is 6.67. The molecule has 0 aliphatic rings. The topological polar surface area (TPSA) is 29.1 Å². The molecule has 4 heteroatoms. The summed E-state index contributed by atoms with van der Waals surface area (Å²) in [5.41, 5.74) is 3.19. The highest BCUT2D eigenvalue weighted by molar-refractivity contribution is 14.1. The van der Waals surface area contributed by atoms with Gasteiger partial charge in [0.2, 0.25) is 5.91 Å². The molecule has 0 unspecified atom stereocenters. The maximum atomic E-state index is 12.0. The molecule has 0 radical (unpaired) electrons. The zero-order valence-corrected chi connectivity index (χ0v) is 14.7. The first-order valence-electron chi connectivity index (χ1n) is 6.85. The van der Waals surface area contributed by atoms with Crippen LogP contribution >= 0.6 is 34.2 Å². The molecule has 0 spiro atoms. The Morgan fingerprint density at radius 2 is 1.90 bits per heavy atom. The van der Waals surface area contributed by atoms with Gasteiger partial charge in [0.05, 0.1) is 0 Å². The van der Waals surface area contributed by atoms with Crippen molar-refractivity contribution in [3.8, 4) is 0 Å². The summed E-state index contributed by atoms with van der Waals surface area (Å²) in [5.74, 6) is 0.0632. The summed E-state index contributed by atoms with van der Waals surface area (Å²) in [6.07, 6.45) is 2.24. The van der Waals surface area contributed by atoms with Gasteiger partial charge in [0.15, 0.2) is 0 Å². The van der Waals surface area contributed by atoms with Crippen LogP contribution in [-0.2, 0) is 11.2 Å². The van der Waals surface area contributed by atoms with Gasteiger partial charge >= 0.3 is 0 Å². The molecule has 2 nitrogen and oxygen atoms in total. The van der Waals surface area contributed by atoms with Crippen molar-refractivity contribution in [3.63, 3.8) is 0 Å². The highest BCUT2D eigenvalue weighted by atomic mass is 127. The Balaban J connectivity index is 1.81. The van der Waals surface area contributed by atoms with Gasteiger partial charge in [-0.3, -0.25) is 4.79 Å². The standard InChI is InChI=1S/C17H17ClINO/c1-12-11-15(19)9-10-16(12)20-17(21)4-2-3-13-5-7-14(18)8-6-13/h5-11H,2-4H2,1H3,(H,20,21). The van der Waals surface area contributed by atoms with Crippen LogP contribution < -0.4 is 5.32 Å². The first-order chi connectivity index (χ1) is 10.0. The van der Waals surface area contributed by atoms with Gasteiger partial charge in [-0.25, -0.2) is 0 Å². The van der Waals surface area contributed by atoms with E-state index in [1.807, 2.05) is 43.3 Å². The third-order valence-corrected chi connectivity index (χ3v) is 4.17. The minimum Gasteiger partial charge on any atom is -0.326 e. The van der Waals surface area contributed by atoms with Gasteiger partial charge in [-0.1, -0.05) is 23.7 Å². The molecule has 0 aliphatic carbocycles. The Labute approximate surface area is 144 Å². The number of benzene rings is 2. The normalized spacial score (nSPS) is 10.4. The van der Waals surface area contributed by atoms with Crippen LogP contribution in [0.2, 0.25) is 5.02 Å². The van der Waals surface area contributed by atoms with Crippen molar-refractivity contribution in [2.45, 2.75) is 26.2 Å². The number of hydrogen-bond donors (Lipinski definition) is 1. The fraction of sp³-hybridized carbons (Fsp3) is 0.235. The molecule has 0 heterocycles. The van der Waals surface area contributed by atoms with Gasteiger partial charge in [-0.05, 0) is 83.8 Å². The Kier molecular flexibility index (Phi) is 6.06. The quantitative estimate of drug-likeness (QED) is 0.670. The van der Waals surface area contributed by atoms with Crippen molar-refractivity contribution in [1.82, 2.24) is 0 Å². The van der Waals surface area contributed by atoms with Crippen LogP contribution in [0.1, 0.15) is 24.0 Å². The fourth-order valence-corrected chi connectivity index (χ4v) is 2.86. The first-order valence-corrected chi connectivity index (χ1v) is 8.31. The lowest BCUT2D eigenvalue weighted by molar-refractivity contribution is -0.116. The lowest BCUT2D eigenvalue weighted by Crippen LogP contribution is -2.12. The Bertz CT molecular complexity index is 625. The number of aryl methyl sites for hydroxylation is 2. The molecule has 0 aliphatic heterocycles. The molecule has 2 aromatic rings. The van der Waals surface area contributed by atoms with Gasteiger partial charge < -0.3 is 5.32 Å². The number of carbonyl (C=O) groups is 1. The molecule has 0 atom stereocenters. The fourth-order valence-electron chi connectivity index (χ4n) is 2.08. The molecule has 21 heavy (non-hydrogen) atoms. The van der Waals surface area contributed by atoms with Gasteiger partial charge in [0, 0.05) is 20.7 Å². The predicted molar refractivity (Wildman–Crippen MR) is 96.9 cm³/mol. The average molecular weight is 414 g/mol. The lowest BCUT2D eigenvalue weighted by Gasteiger charge is -2.09. The second-order valence-electron chi connectivity index (χ2n) is 4.99. The lowest BCUT2D eigenvalue weighted by atomic mass is 10.1. The van der Waals surface area contributed by atoms with Gasteiger partial charge in [-0.15, -0.1) is 0 Å². The van der Waals surface area contributed by atoms with Gasteiger partial charge in [0.1, 0.15) is 0 Å². The van der Waals surface area contributed by atoms with E-state index < -0.39 is 0 Å². The molecule has 0 saturated heterocycles. The molecule has 1 amide bonds. The summed E-state index contributed by atoms with van der Waals surface area (Å²) in [6.45, 7) is 2.01. The van der Waals surface area contributed by atoms with Crippen LogP contribution in [0.25, 0.3) is 0 Å². The molecule has 1 N–H and O–H groups in total. The minimum atomic E-state index is 0.0632. The predicted octanol–water partition coefficient (Wildman–Crippen LogP) is 5.21. The molecular formula is C17H17ClINO. The average Bonchev–Trinajstić information content (AvgIpc) is 2.44. The summed E-state index contributed by atoms with van der Waals surface area (Å²) < 4.78 is 1.17. The van der Waals surface area contributed by atoms with E-state index in [9.17, 15) is 4.79 Å². The van der Waals surface area contributed by atoms with E-state index in [-0.39, 0.29) is 5.91 Å². The molecule has 0 fully saturated rings. The minimum absolute atomic E-state index is 0.0632. The third kappa shape index (κ3) is 5.32.